The third-order valence-corrected chi connectivity index (χ3v) is 4.97. The topological polar surface area (TPSA) is 41.1 Å². The SMILES string of the molecule is CC1(C)CCCC1NC(=O)C1CCNc2ccccc21. The molecule has 1 amide bonds. The number of carbonyl (C=O) groups is 1. The van der Waals surface area contributed by atoms with E-state index in [0.717, 1.165) is 30.6 Å². The Balaban J connectivity index is 1.76. The zero-order valence-corrected chi connectivity index (χ0v) is 12.4. The molecule has 3 nitrogen and oxygen atoms in total. The Morgan fingerprint density at radius 1 is 1.30 bits per heavy atom. The fourth-order valence-corrected chi connectivity index (χ4v) is 3.61. The molecule has 1 fully saturated rings. The predicted octanol–water partition coefficient (Wildman–Crippen LogP) is 3.28. The zero-order valence-electron chi connectivity index (χ0n) is 12.4. The summed E-state index contributed by atoms with van der Waals surface area (Å²) in [5.74, 6) is 0.211. The first kappa shape index (κ1) is 13.5. The van der Waals surface area contributed by atoms with Crippen molar-refractivity contribution in [3.05, 3.63) is 29.8 Å². The molecular formula is C17H24N2O. The van der Waals surface area contributed by atoms with Crippen LogP contribution in [0.25, 0.3) is 0 Å². The maximum Gasteiger partial charge on any atom is 0.227 e. The van der Waals surface area contributed by atoms with Gasteiger partial charge in [0, 0.05) is 18.3 Å². The standard InChI is InChI=1S/C17H24N2O/c1-17(2)10-5-8-15(17)19-16(20)13-9-11-18-14-7-4-3-6-12(13)14/h3-4,6-7,13,15,18H,5,8-11H2,1-2H3,(H,19,20). The highest BCUT2D eigenvalue weighted by Gasteiger charge is 2.37. The minimum atomic E-state index is 0.00356. The fraction of sp³-hybridized carbons (Fsp3) is 0.588. The molecule has 1 aromatic rings. The molecule has 108 valence electrons. The lowest BCUT2D eigenvalue weighted by Crippen LogP contribution is -2.44. The Kier molecular flexibility index (Phi) is 3.45. The second-order valence-electron chi connectivity index (χ2n) is 6.80. The molecule has 0 bridgehead atoms. The molecule has 0 spiro atoms. The summed E-state index contributed by atoms with van der Waals surface area (Å²) in [5.41, 5.74) is 2.50. The lowest BCUT2D eigenvalue weighted by molar-refractivity contribution is -0.124. The maximum absolute atomic E-state index is 12.7. The van der Waals surface area contributed by atoms with Crippen LogP contribution in [0, 0.1) is 5.41 Å². The van der Waals surface area contributed by atoms with Gasteiger partial charge in [0.25, 0.3) is 0 Å². The quantitative estimate of drug-likeness (QED) is 0.867. The predicted molar refractivity (Wildman–Crippen MR) is 81.9 cm³/mol. The van der Waals surface area contributed by atoms with Gasteiger partial charge >= 0.3 is 0 Å². The Morgan fingerprint density at radius 3 is 2.85 bits per heavy atom. The van der Waals surface area contributed by atoms with E-state index in [2.05, 4.69) is 36.6 Å². The van der Waals surface area contributed by atoms with Gasteiger partial charge in [0.15, 0.2) is 0 Å². The van der Waals surface area contributed by atoms with Crippen LogP contribution in [0.4, 0.5) is 5.69 Å². The van der Waals surface area contributed by atoms with Crippen molar-refractivity contribution in [2.24, 2.45) is 5.41 Å². The summed E-state index contributed by atoms with van der Waals surface area (Å²) in [6.07, 6.45) is 4.43. The Morgan fingerprint density at radius 2 is 2.10 bits per heavy atom. The Hall–Kier alpha value is -1.51. The summed E-state index contributed by atoms with van der Waals surface area (Å²) in [6, 6.07) is 8.51. The van der Waals surface area contributed by atoms with Crippen molar-refractivity contribution in [2.45, 2.75) is 51.5 Å². The van der Waals surface area contributed by atoms with Crippen LogP contribution in [-0.4, -0.2) is 18.5 Å². The maximum atomic E-state index is 12.7. The first-order valence-electron chi connectivity index (χ1n) is 7.71. The van der Waals surface area contributed by atoms with E-state index in [4.69, 9.17) is 0 Å². The summed E-state index contributed by atoms with van der Waals surface area (Å²) in [4.78, 5) is 12.7. The average molecular weight is 272 g/mol. The number of rotatable bonds is 2. The number of nitrogens with one attached hydrogen (secondary N) is 2. The summed E-state index contributed by atoms with van der Waals surface area (Å²) in [7, 11) is 0. The van der Waals surface area contributed by atoms with E-state index in [0.29, 0.717) is 6.04 Å². The minimum Gasteiger partial charge on any atom is -0.385 e. The normalized spacial score (nSPS) is 27.5. The fourth-order valence-electron chi connectivity index (χ4n) is 3.61. The van der Waals surface area contributed by atoms with Crippen molar-refractivity contribution in [1.29, 1.82) is 0 Å². The molecule has 1 saturated carbocycles. The second-order valence-corrected chi connectivity index (χ2v) is 6.80. The molecule has 2 aliphatic rings. The van der Waals surface area contributed by atoms with E-state index in [1.807, 2.05) is 12.1 Å². The summed E-state index contributed by atoms with van der Waals surface area (Å²) >= 11 is 0. The lowest BCUT2D eigenvalue weighted by atomic mass is 9.85. The van der Waals surface area contributed by atoms with Gasteiger partial charge in [-0.25, -0.2) is 0 Å². The molecule has 0 aromatic heterocycles. The second kappa shape index (κ2) is 5.12. The van der Waals surface area contributed by atoms with Crippen LogP contribution < -0.4 is 10.6 Å². The first-order valence-corrected chi connectivity index (χ1v) is 7.71. The van der Waals surface area contributed by atoms with Crippen LogP contribution in [0.5, 0.6) is 0 Å². The van der Waals surface area contributed by atoms with E-state index in [9.17, 15) is 4.79 Å². The molecule has 1 heterocycles. The van der Waals surface area contributed by atoms with Gasteiger partial charge in [-0.15, -0.1) is 0 Å². The smallest absolute Gasteiger partial charge is 0.227 e. The number of fused-ring (bicyclic) bond motifs is 1. The van der Waals surface area contributed by atoms with Crippen LogP contribution in [0.3, 0.4) is 0 Å². The van der Waals surface area contributed by atoms with Crippen molar-refractivity contribution in [2.75, 3.05) is 11.9 Å². The first-order chi connectivity index (χ1) is 9.58. The molecule has 0 saturated heterocycles. The number of anilines is 1. The molecule has 0 radical (unpaired) electrons. The van der Waals surface area contributed by atoms with Crippen molar-refractivity contribution in [3.63, 3.8) is 0 Å². The summed E-state index contributed by atoms with van der Waals surface area (Å²) in [6.45, 7) is 5.41. The number of para-hydroxylation sites is 1. The summed E-state index contributed by atoms with van der Waals surface area (Å²) in [5, 5.41) is 6.69. The van der Waals surface area contributed by atoms with Gasteiger partial charge in [-0.2, -0.15) is 0 Å². The van der Waals surface area contributed by atoms with Gasteiger partial charge in [-0.05, 0) is 36.3 Å². The average Bonchev–Trinajstić information content (AvgIpc) is 2.77. The number of hydrogen-bond donors (Lipinski definition) is 2. The van der Waals surface area contributed by atoms with E-state index < -0.39 is 0 Å². The highest BCUT2D eigenvalue weighted by atomic mass is 16.2. The molecule has 1 aromatic carbocycles. The lowest BCUT2D eigenvalue weighted by Gasteiger charge is -2.31. The molecule has 2 N–H and O–H groups in total. The van der Waals surface area contributed by atoms with Gasteiger partial charge in [-0.1, -0.05) is 38.5 Å². The molecule has 20 heavy (non-hydrogen) atoms. The van der Waals surface area contributed by atoms with E-state index >= 15 is 0 Å². The van der Waals surface area contributed by atoms with Gasteiger partial charge in [0.05, 0.1) is 5.92 Å². The van der Waals surface area contributed by atoms with Gasteiger partial charge in [0.1, 0.15) is 0 Å². The zero-order chi connectivity index (χ0) is 14.2. The molecule has 2 unspecified atom stereocenters. The van der Waals surface area contributed by atoms with Crippen molar-refractivity contribution in [1.82, 2.24) is 5.32 Å². The van der Waals surface area contributed by atoms with Crippen LogP contribution in [0.15, 0.2) is 24.3 Å². The van der Waals surface area contributed by atoms with Crippen molar-refractivity contribution < 1.29 is 4.79 Å². The number of amides is 1. The number of benzene rings is 1. The number of carbonyl (C=O) groups excluding carboxylic acids is 1. The Labute approximate surface area is 121 Å². The molecular weight excluding hydrogens is 248 g/mol. The summed E-state index contributed by atoms with van der Waals surface area (Å²) < 4.78 is 0. The van der Waals surface area contributed by atoms with Gasteiger partial charge in [-0.3, -0.25) is 4.79 Å². The Bertz CT molecular complexity index is 509. The highest BCUT2D eigenvalue weighted by Crippen LogP contribution is 2.38. The molecule has 2 atom stereocenters. The van der Waals surface area contributed by atoms with Crippen LogP contribution in [0.2, 0.25) is 0 Å². The van der Waals surface area contributed by atoms with Crippen molar-refractivity contribution in [3.8, 4) is 0 Å². The third-order valence-electron chi connectivity index (χ3n) is 4.97. The number of hydrogen-bond acceptors (Lipinski definition) is 2. The van der Waals surface area contributed by atoms with E-state index in [1.54, 1.807) is 0 Å². The van der Waals surface area contributed by atoms with Crippen molar-refractivity contribution >= 4 is 11.6 Å². The molecule has 3 rings (SSSR count). The molecule has 1 aliphatic heterocycles. The minimum absolute atomic E-state index is 0.00356. The van der Waals surface area contributed by atoms with Gasteiger partial charge < -0.3 is 10.6 Å². The molecule has 3 heteroatoms. The molecule has 1 aliphatic carbocycles. The van der Waals surface area contributed by atoms with Crippen LogP contribution in [0.1, 0.15) is 51.0 Å². The monoisotopic (exact) mass is 272 g/mol. The van der Waals surface area contributed by atoms with Crippen LogP contribution in [-0.2, 0) is 4.79 Å². The van der Waals surface area contributed by atoms with E-state index in [-0.39, 0.29) is 17.2 Å². The van der Waals surface area contributed by atoms with Crippen LogP contribution >= 0.6 is 0 Å². The highest BCUT2D eigenvalue weighted by molar-refractivity contribution is 5.86. The van der Waals surface area contributed by atoms with E-state index in [1.165, 1.54) is 12.8 Å². The largest absolute Gasteiger partial charge is 0.385 e. The van der Waals surface area contributed by atoms with Gasteiger partial charge in [0.2, 0.25) is 5.91 Å². The third kappa shape index (κ3) is 2.41.